The minimum absolute atomic E-state index is 0.0966. The van der Waals surface area contributed by atoms with Crippen LogP contribution in [0.2, 0.25) is 0 Å². The number of rotatable bonds is 5. The van der Waals surface area contributed by atoms with Crippen LogP contribution in [-0.4, -0.2) is 30.5 Å². The zero-order valence-corrected chi connectivity index (χ0v) is 11.6. The molecule has 3 rings (SSSR count). The summed E-state index contributed by atoms with van der Waals surface area (Å²) in [6, 6.07) is 12.8. The molecule has 0 atom stereocenters. The highest BCUT2D eigenvalue weighted by molar-refractivity contribution is 5.93. The molecule has 0 saturated carbocycles. The second-order valence-electron chi connectivity index (χ2n) is 5.03. The second-order valence-corrected chi connectivity index (χ2v) is 5.03. The Morgan fingerprint density at radius 1 is 1.24 bits per heavy atom. The highest BCUT2D eigenvalue weighted by atomic mass is 16.5. The fourth-order valence-corrected chi connectivity index (χ4v) is 2.02. The van der Waals surface area contributed by atoms with Crippen molar-refractivity contribution in [2.75, 3.05) is 19.6 Å². The molecule has 1 aliphatic rings. The van der Waals surface area contributed by atoms with Crippen molar-refractivity contribution in [2.24, 2.45) is 5.92 Å². The Kier molecular flexibility index (Phi) is 4.12. The van der Waals surface area contributed by atoms with Crippen LogP contribution in [0, 0.1) is 5.92 Å². The third kappa shape index (κ3) is 3.58. The standard InChI is InChI=1S/C16H17N3O2/c20-16(19-10-12-8-17-9-12)13-6-7-15(18-11-13)21-14-4-2-1-3-5-14/h1-7,11-12,17H,8-10H2,(H,19,20). The Hall–Kier alpha value is -2.40. The summed E-state index contributed by atoms with van der Waals surface area (Å²) in [4.78, 5) is 16.1. The van der Waals surface area contributed by atoms with Crippen LogP contribution in [0.1, 0.15) is 10.4 Å². The highest BCUT2D eigenvalue weighted by Gasteiger charge is 2.17. The van der Waals surface area contributed by atoms with Crippen molar-refractivity contribution in [1.29, 1.82) is 0 Å². The van der Waals surface area contributed by atoms with Gasteiger partial charge in [-0.05, 0) is 18.2 Å². The van der Waals surface area contributed by atoms with Crippen LogP contribution < -0.4 is 15.4 Å². The van der Waals surface area contributed by atoms with E-state index in [-0.39, 0.29) is 5.91 Å². The molecule has 1 aromatic heterocycles. The molecule has 108 valence electrons. The molecule has 2 N–H and O–H groups in total. The zero-order valence-electron chi connectivity index (χ0n) is 11.6. The summed E-state index contributed by atoms with van der Waals surface area (Å²) in [6.45, 7) is 2.65. The maximum absolute atomic E-state index is 11.9. The predicted molar refractivity (Wildman–Crippen MR) is 79.4 cm³/mol. The molecule has 2 aromatic rings. The fraction of sp³-hybridized carbons (Fsp3) is 0.250. The number of hydrogen-bond acceptors (Lipinski definition) is 4. The largest absolute Gasteiger partial charge is 0.439 e. The van der Waals surface area contributed by atoms with Gasteiger partial charge in [0, 0.05) is 37.8 Å². The number of nitrogens with zero attached hydrogens (tertiary/aromatic N) is 1. The van der Waals surface area contributed by atoms with Gasteiger partial charge < -0.3 is 15.4 Å². The number of pyridine rings is 1. The van der Waals surface area contributed by atoms with Crippen molar-refractivity contribution in [3.05, 3.63) is 54.2 Å². The van der Waals surface area contributed by atoms with Gasteiger partial charge >= 0.3 is 0 Å². The van der Waals surface area contributed by atoms with E-state index in [0.29, 0.717) is 23.9 Å². The number of carbonyl (C=O) groups excluding carboxylic acids is 1. The Bertz CT molecular complexity index is 595. The van der Waals surface area contributed by atoms with E-state index in [0.717, 1.165) is 18.8 Å². The van der Waals surface area contributed by atoms with Gasteiger partial charge in [0.05, 0.1) is 5.56 Å². The van der Waals surface area contributed by atoms with Gasteiger partial charge in [-0.25, -0.2) is 4.98 Å². The molecule has 0 aliphatic carbocycles. The monoisotopic (exact) mass is 283 g/mol. The molecule has 0 unspecified atom stereocenters. The topological polar surface area (TPSA) is 63.2 Å². The lowest BCUT2D eigenvalue weighted by Crippen LogP contribution is -2.48. The van der Waals surface area contributed by atoms with E-state index in [9.17, 15) is 4.79 Å². The number of ether oxygens (including phenoxy) is 1. The first-order valence-corrected chi connectivity index (χ1v) is 6.99. The van der Waals surface area contributed by atoms with Crippen molar-refractivity contribution >= 4 is 5.91 Å². The van der Waals surface area contributed by atoms with Crippen LogP contribution in [0.15, 0.2) is 48.7 Å². The predicted octanol–water partition coefficient (Wildman–Crippen LogP) is 1.82. The summed E-state index contributed by atoms with van der Waals surface area (Å²) in [5.74, 6) is 1.64. The van der Waals surface area contributed by atoms with Crippen LogP contribution in [0.5, 0.6) is 11.6 Å². The van der Waals surface area contributed by atoms with Gasteiger partial charge in [-0.2, -0.15) is 0 Å². The number of nitrogens with one attached hydrogen (secondary N) is 2. The summed E-state index contributed by atoms with van der Waals surface area (Å²) in [6.07, 6.45) is 1.53. The highest BCUT2D eigenvalue weighted by Crippen LogP contribution is 2.18. The number of carbonyl (C=O) groups is 1. The van der Waals surface area contributed by atoms with E-state index in [4.69, 9.17) is 4.74 Å². The average molecular weight is 283 g/mol. The minimum atomic E-state index is -0.0966. The summed E-state index contributed by atoms with van der Waals surface area (Å²) in [5, 5.41) is 6.09. The number of para-hydroxylation sites is 1. The van der Waals surface area contributed by atoms with Gasteiger partial charge in [-0.15, -0.1) is 0 Å². The lowest BCUT2D eigenvalue weighted by Gasteiger charge is -2.27. The fourth-order valence-electron chi connectivity index (χ4n) is 2.02. The van der Waals surface area contributed by atoms with Crippen LogP contribution in [0.3, 0.4) is 0 Å². The Morgan fingerprint density at radius 2 is 2.05 bits per heavy atom. The number of benzene rings is 1. The molecule has 5 heteroatoms. The Morgan fingerprint density at radius 3 is 2.67 bits per heavy atom. The minimum Gasteiger partial charge on any atom is -0.439 e. The SMILES string of the molecule is O=C(NCC1CNC1)c1ccc(Oc2ccccc2)nc1. The van der Waals surface area contributed by atoms with Crippen LogP contribution in [-0.2, 0) is 0 Å². The Labute approximate surface area is 123 Å². The van der Waals surface area contributed by atoms with E-state index >= 15 is 0 Å². The maximum atomic E-state index is 11.9. The second kappa shape index (κ2) is 6.37. The number of hydrogen-bond donors (Lipinski definition) is 2. The first-order chi connectivity index (χ1) is 10.3. The molecule has 1 saturated heterocycles. The van der Waals surface area contributed by atoms with Crippen LogP contribution in [0.4, 0.5) is 0 Å². The third-order valence-electron chi connectivity index (χ3n) is 3.38. The van der Waals surface area contributed by atoms with E-state index in [1.807, 2.05) is 30.3 Å². The average Bonchev–Trinajstić information content (AvgIpc) is 2.47. The molecule has 1 aliphatic heterocycles. The van der Waals surface area contributed by atoms with Gasteiger partial charge in [-0.3, -0.25) is 4.79 Å². The molecule has 21 heavy (non-hydrogen) atoms. The number of aromatic nitrogens is 1. The summed E-state index contributed by atoms with van der Waals surface area (Å²) in [7, 11) is 0. The molecule has 1 amide bonds. The van der Waals surface area contributed by atoms with Crippen molar-refractivity contribution in [3.63, 3.8) is 0 Å². The summed E-state index contributed by atoms with van der Waals surface area (Å²) < 4.78 is 5.59. The van der Waals surface area contributed by atoms with Gasteiger partial charge in [-0.1, -0.05) is 18.2 Å². The molecular weight excluding hydrogens is 266 g/mol. The van der Waals surface area contributed by atoms with Gasteiger partial charge in [0.2, 0.25) is 5.88 Å². The van der Waals surface area contributed by atoms with E-state index in [1.165, 1.54) is 6.20 Å². The molecule has 1 fully saturated rings. The van der Waals surface area contributed by atoms with Crippen molar-refractivity contribution in [1.82, 2.24) is 15.6 Å². The van der Waals surface area contributed by atoms with E-state index in [1.54, 1.807) is 12.1 Å². The third-order valence-corrected chi connectivity index (χ3v) is 3.38. The quantitative estimate of drug-likeness (QED) is 0.878. The van der Waals surface area contributed by atoms with Crippen molar-refractivity contribution in [3.8, 4) is 11.6 Å². The number of amides is 1. The van der Waals surface area contributed by atoms with Crippen LogP contribution in [0.25, 0.3) is 0 Å². The van der Waals surface area contributed by atoms with Gasteiger partial charge in [0.25, 0.3) is 5.91 Å². The molecule has 0 bridgehead atoms. The summed E-state index contributed by atoms with van der Waals surface area (Å²) in [5.41, 5.74) is 0.544. The zero-order chi connectivity index (χ0) is 14.5. The lowest BCUT2D eigenvalue weighted by atomic mass is 10.0. The van der Waals surface area contributed by atoms with Crippen LogP contribution >= 0.6 is 0 Å². The first kappa shape index (κ1) is 13.6. The van der Waals surface area contributed by atoms with Gasteiger partial charge in [0.1, 0.15) is 5.75 Å². The lowest BCUT2D eigenvalue weighted by molar-refractivity contribution is 0.0942. The maximum Gasteiger partial charge on any atom is 0.252 e. The molecule has 5 nitrogen and oxygen atoms in total. The molecule has 1 aromatic carbocycles. The molecule has 0 radical (unpaired) electrons. The normalized spacial score (nSPS) is 14.3. The summed E-state index contributed by atoms with van der Waals surface area (Å²) >= 11 is 0. The van der Waals surface area contributed by atoms with E-state index in [2.05, 4.69) is 15.6 Å². The van der Waals surface area contributed by atoms with Crippen molar-refractivity contribution in [2.45, 2.75) is 0 Å². The molecular formula is C16H17N3O2. The molecule has 2 heterocycles. The molecule has 0 spiro atoms. The van der Waals surface area contributed by atoms with Crippen molar-refractivity contribution < 1.29 is 9.53 Å². The smallest absolute Gasteiger partial charge is 0.252 e. The first-order valence-electron chi connectivity index (χ1n) is 6.99. The van der Waals surface area contributed by atoms with E-state index < -0.39 is 0 Å². The van der Waals surface area contributed by atoms with Gasteiger partial charge in [0.15, 0.2) is 0 Å². The Balaban J connectivity index is 1.56.